The lowest BCUT2D eigenvalue weighted by atomic mass is 10.1. The van der Waals surface area contributed by atoms with Crippen LogP contribution in [0.15, 0.2) is 12.1 Å². The van der Waals surface area contributed by atoms with Crippen LogP contribution in [0.1, 0.15) is 43.5 Å². The maximum Gasteiger partial charge on any atom is 0.404 e. The highest BCUT2D eigenvalue weighted by Gasteiger charge is 2.32. The smallest absolute Gasteiger partial charge is 0.404 e. The van der Waals surface area contributed by atoms with Crippen LogP contribution < -0.4 is 10.1 Å². The Kier molecular flexibility index (Phi) is 5.78. The molecule has 0 aromatic carbocycles. The van der Waals surface area contributed by atoms with Crippen molar-refractivity contribution >= 4 is 12.5 Å². The van der Waals surface area contributed by atoms with Crippen LogP contribution in [0.4, 0.5) is 4.79 Å². The van der Waals surface area contributed by atoms with Crippen LogP contribution in [0.3, 0.4) is 0 Å². The van der Waals surface area contributed by atoms with Crippen molar-refractivity contribution in [2.24, 2.45) is 0 Å². The van der Waals surface area contributed by atoms with Gasteiger partial charge in [0.15, 0.2) is 0 Å². The molecule has 1 aliphatic carbocycles. The van der Waals surface area contributed by atoms with E-state index in [-0.39, 0.29) is 6.04 Å². The first-order valence-electron chi connectivity index (χ1n) is 7.79. The molecule has 1 aromatic rings. The van der Waals surface area contributed by atoms with Gasteiger partial charge in [-0.25, -0.2) is 9.78 Å². The lowest BCUT2D eigenvalue weighted by Crippen LogP contribution is -2.27. The third-order valence-corrected chi connectivity index (χ3v) is 3.99. The molecule has 1 fully saturated rings. The van der Waals surface area contributed by atoms with Crippen LogP contribution >= 0.6 is 0 Å². The van der Waals surface area contributed by atoms with Crippen molar-refractivity contribution in [3.63, 3.8) is 0 Å². The molecule has 0 bridgehead atoms. The average molecular weight is 321 g/mol. The standard InChI is InChI=1S/C16H23N3O4/c1-11(19(10-20)14-5-6-14)12-8-13(18-15(9-12)23-2)4-3-7-17-16(21)22/h8-11,14,17H,3-7H2,1-2H3,(H,21,22)/t11-/m1/s1. The van der Waals surface area contributed by atoms with Gasteiger partial charge in [0, 0.05) is 24.3 Å². The molecule has 1 heterocycles. The minimum absolute atomic E-state index is 0.0344. The predicted octanol–water partition coefficient (Wildman–Crippen LogP) is 1.97. The van der Waals surface area contributed by atoms with Gasteiger partial charge in [-0.1, -0.05) is 0 Å². The van der Waals surface area contributed by atoms with Gasteiger partial charge < -0.3 is 20.1 Å². The minimum atomic E-state index is -1.02. The zero-order chi connectivity index (χ0) is 16.8. The number of hydrogen-bond donors (Lipinski definition) is 2. The first-order valence-corrected chi connectivity index (χ1v) is 7.79. The van der Waals surface area contributed by atoms with Crippen molar-refractivity contribution in [1.29, 1.82) is 0 Å². The van der Waals surface area contributed by atoms with Crippen molar-refractivity contribution in [3.8, 4) is 5.88 Å². The number of carboxylic acid groups (broad SMARTS) is 1. The summed E-state index contributed by atoms with van der Waals surface area (Å²) in [5.41, 5.74) is 1.82. The molecule has 1 atom stereocenters. The van der Waals surface area contributed by atoms with E-state index >= 15 is 0 Å². The Bertz CT molecular complexity index is 560. The van der Waals surface area contributed by atoms with E-state index in [4.69, 9.17) is 9.84 Å². The Balaban J connectivity index is 2.07. The number of ether oxygens (including phenoxy) is 1. The van der Waals surface area contributed by atoms with Crippen molar-refractivity contribution in [2.75, 3.05) is 13.7 Å². The molecule has 7 heteroatoms. The second-order valence-corrected chi connectivity index (χ2v) is 5.73. The van der Waals surface area contributed by atoms with Crippen molar-refractivity contribution in [1.82, 2.24) is 15.2 Å². The summed E-state index contributed by atoms with van der Waals surface area (Å²) >= 11 is 0. The monoisotopic (exact) mass is 321 g/mol. The van der Waals surface area contributed by atoms with Gasteiger partial charge in [-0.3, -0.25) is 4.79 Å². The maximum absolute atomic E-state index is 11.3. The number of methoxy groups -OCH3 is 1. The summed E-state index contributed by atoms with van der Waals surface area (Å²) in [5, 5.41) is 10.9. The van der Waals surface area contributed by atoms with Gasteiger partial charge >= 0.3 is 6.09 Å². The van der Waals surface area contributed by atoms with Gasteiger partial charge in [-0.2, -0.15) is 0 Å². The molecule has 1 aliphatic rings. The van der Waals surface area contributed by atoms with Gasteiger partial charge in [0.2, 0.25) is 12.3 Å². The first-order chi connectivity index (χ1) is 11.0. The number of carbonyl (C=O) groups is 2. The second-order valence-electron chi connectivity index (χ2n) is 5.73. The number of nitrogens with one attached hydrogen (secondary N) is 1. The Morgan fingerprint density at radius 1 is 1.57 bits per heavy atom. The van der Waals surface area contributed by atoms with Gasteiger partial charge in [0.05, 0.1) is 13.2 Å². The molecule has 0 saturated heterocycles. The lowest BCUT2D eigenvalue weighted by Gasteiger charge is -2.26. The minimum Gasteiger partial charge on any atom is -0.481 e. The summed E-state index contributed by atoms with van der Waals surface area (Å²) in [6, 6.07) is 4.12. The third-order valence-electron chi connectivity index (χ3n) is 3.99. The molecule has 2 N–H and O–H groups in total. The number of rotatable bonds is 9. The van der Waals surface area contributed by atoms with Crippen LogP contribution in [0.5, 0.6) is 5.88 Å². The summed E-state index contributed by atoms with van der Waals surface area (Å²) in [5.74, 6) is 0.511. The first kappa shape index (κ1) is 17.1. The number of carbonyl (C=O) groups excluding carboxylic acids is 1. The number of pyridine rings is 1. The fraction of sp³-hybridized carbons (Fsp3) is 0.562. The maximum atomic E-state index is 11.3. The highest BCUT2D eigenvalue weighted by atomic mass is 16.5. The second kappa shape index (κ2) is 7.80. The van der Waals surface area contributed by atoms with E-state index in [1.807, 2.05) is 24.0 Å². The Labute approximate surface area is 135 Å². The molecular formula is C16H23N3O4. The zero-order valence-electron chi connectivity index (χ0n) is 13.5. The van der Waals surface area contributed by atoms with E-state index in [2.05, 4.69) is 10.3 Å². The quantitative estimate of drug-likeness (QED) is 0.536. The Morgan fingerprint density at radius 3 is 2.87 bits per heavy atom. The molecule has 1 aromatic heterocycles. The molecular weight excluding hydrogens is 298 g/mol. The topological polar surface area (TPSA) is 91.8 Å². The van der Waals surface area contributed by atoms with Gasteiger partial charge in [-0.05, 0) is 44.2 Å². The number of aromatic nitrogens is 1. The van der Waals surface area contributed by atoms with Gasteiger partial charge in [0.1, 0.15) is 0 Å². The van der Waals surface area contributed by atoms with Crippen molar-refractivity contribution in [3.05, 3.63) is 23.4 Å². The zero-order valence-corrected chi connectivity index (χ0v) is 13.5. The number of hydrogen-bond acceptors (Lipinski definition) is 4. The van der Waals surface area contributed by atoms with Crippen molar-refractivity contribution < 1.29 is 19.4 Å². The number of amides is 2. The van der Waals surface area contributed by atoms with E-state index < -0.39 is 6.09 Å². The van der Waals surface area contributed by atoms with Gasteiger partial charge in [0.25, 0.3) is 0 Å². The summed E-state index contributed by atoms with van der Waals surface area (Å²) in [6.45, 7) is 2.37. The fourth-order valence-electron chi connectivity index (χ4n) is 2.56. The SMILES string of the molecule is COc1cc([C@@H](C)N(C=O)C2CC2)cc(CCCNC(=O)O)n1. The highest BCUT2D eigenvalue weighted by Crippen LogP contribution is 2.33. The molecule has 0 unspecified atom stereocenters. The Hall–Kier alpha value is -2.31. The molecule has 7 nitrogen and oxygen atoms in total. The van der Waals surface area contributed by atoms with E-state index in [1.54, 1.807) is 7.11 Å². The molecule has 0 spiro atoms. The largest absolute Gasteiger partial charge is 0.481 e. The number of aryl methyl sites for hydroxylation is 1. The number of nitrogens with zero attached hydrogens (tertiary/aromatic N) is 2. The van der Waals surface area contributed by atoms with Crippen molar-refractivity contribution in [2.45, 2.75) is 44.7 Å². The molecule has 0 radical (unpaired) electrons. The summed E-state index contributed by atoms with van der Waals surface area (Å²) in [7, 11) is 1.56. The van der Waals surface area contributed by atoms with E-state index in [0.29, 0.717) is 31.3 Å². The molecule has 1 saturated carbocycles. The highest BCUT2D eigenvalue weighted by molar-refractivity contribution is 5.64. The summed E-state index contributed by atoms with van der Waals surface area (Å²) < 4.78 is 5.25. The van der Waals surface area contributed by atoms with Crippen LogP contribution in [0.2, 0.25) is 0 Å². The van der Waals surface area contributed by atoms with Crippen LogP contribution in [0.25, 0.3) is 0 Å². The summed E-state index contributed by atoms with van der Waals surface area (Å²) in [4.78, 5) is 28.0. The lowest BCUT2D eigenvalue weighted by molar-refractivity contribution is -0.120. The van der Waals surface area contributed by atoms with Crippen LogP contribution in [-0.4, -0.2) is 47.2 Å². The molecule has 23 heavy (non-hydrogen) atoms. The third kappa shape index (κ3) is 4.84. The van der Waals surface area contributed by atoms with Gasteiger partial charge in [-0.15, -0.1) is 0 Å². The molecule has 2 rings (SSSR count). The Morgan fingerprint density at radius 2 is 2.30 bits per heavy atom. The van der Waals surface area contributed by atoms with Crippen LogP contribution in [0, 0.1) is 0 Å². The normalized spacial score (nSPS) is 14.9. The summed E-state index contributed by atoms with van der Waals surface area (Å²) in [6.07, 6.45) is 3.29. The fourth-order valence-corrected chi connectivity index (χ4v) is 2.56. The average Bonchev–Trinajstić information content (AvgIpc) is 3.36. The molecule has 0 aliphatic heterocycles. The van der Waals surface area contributed by atoms with E-state index in [1.165, 1.54) is 0 Å². The predicted molar refractivity (Wildman–Crippen MR) is 84.5 cm³/mol. The van der Waals surface area contributed by atoms with Crippen LogP contribution in [-0.2, 0) is 11.2 Å². The van der Waals surface area contributed by atoms with E-state index in [0.717, 1.165) is 30.5 Å². The van der Waals surface area contributed by atoms with E-state index in [9.17, 15) is 9.59 Å². The molecule has 126 valence electrons. The molecule has 2 amide bonds.